The van der Waals surface area contributed by atoms with E-state index < -0.39 is 22.8 Å². The van der Waals surface area contributed by atoms with Crippen molar-refractivity contribution in [2.45, 2.75) is 6.18 Å². The molecule has 0 fully saturated rings. The fraction of sp³-hybridized carbons (Fsp3) is 0.0435. The van der Waals surface area contributed by atoms with Gasteiger partial charge in [-0.1, -0.05) is 41.9 Å². The van der Waals surface area contributed by atoms with Crippen LogP contribution in [0, 0.1) is 0 Å². The maximum Gasteiger partial charge on any atom is 0.417 e. The number of alkyl halides is 3. The maximum absolute atomic E-state index is 13.0. The van der Waals surface area contributed by atoms with E-state index in [0.29, 0.717) is 5.69 Å². The quantitative estimate of drug-likeness (QED) is 0.352. The third-order valence-corrected chi connectivity index (χ3v) is 4.99. The van der Waals surface area contributed by atoms with E-state index in [4.69, 9.17) is 11.6 Å². The number of hydrogen-bond donors (Lipinski definition) is 2. The number of carbonyl (C=O) groups is 1. The summed E-state index contributed by atoms with van der Waals surface area (Å²) >= 11 is 5.60. The Balaban J connectivity index is 1.49. The highest BCUT2D eigenvalue weighted by Gasteiger charge is 2.33. The summed E-state index contributed by atoms with van der Waals surface area (Å²) < 4.78 is 38.9. The van der Waals surface area contributed by atoms with Crippen molar-refractivity contribution < 1.29 is 18.0 Å². The number of hydrogen-bond acceptors (Lipinski definition) is 2. The van der Waals surface area contributed by atoms with Crippen LogP contribution in [0.4, 0.5) is 29.3 Å². The first-order valence-corrected chi connectivity index (χ1v) is 9.57. The van der Waals surface area contributed by atoms with Gasteiger partial charge in [-0.25, -0.2) is 4.79 Å². The first-order chi connectivity index (χ1) is 14.8. The number of amides is 2. The van der Waals surface area contributed by atoms with Crippen LogP contribution in [0.3, 0.4) is 0 Å². The Kier molecular flexibility index (Phi) is 5.52. The van der Waals surface area contributed by atoms with E-state index in [9.17, 15) is 18.0 Å². The maximum atomic E-state index is 13.0. The van der Waals surface area contributed by atoms with Gasteiger partial charge in [0, 0.05) is 29.2 Å². The summed E-state index contributed by atoms with van der Waals surface area (Å²) in [6.07, 6.45) is -1.09. The van der Waals surface area contributed by atoms with Crippen molar-refractivity contribution in [3.8, 4) is 11.1 Å². The second-order valence-electron chi connectivity index (χ2n) is 6.75. The van der Waals surface area contributed by atoms with Gasteiger partial charge >= 0.3 is 12.2 Å². The molecule has 0 bridgehead atoms. The molecule has 1 aromatic heterocycles. The van der Waals surface area contributed by atoms with Gasteiger partial charge in [-0.3, -0.25) is 4.98 Å². The smallest absolute Gasteiger partial charge is 0.308 e. The SMILES string of the molecule is O=C(Nc1ccc(-c2cccc3cnccc23)cc1)Nc1ccc(Cl)c(C(F)(F)F)c1. The number of aromatic nitrogens is 1. The van der Waals surface area contributed by atoms with E-state index in [1.165, 1.54) is 6.07 Å². The Morgan fingerprint density at radius 2 is 1.61 bits per heavy atom. The summed E-state index contributed by atoms with van der Waals surface area (Å²) in [4.78, 5) is 16.3. The fourth-order valence-electron chi connectivity index (χ4n) is 3.22. The van der Waals surface area contributed by atoms with E-state index in [1.807, 2.05) is 36.4 Å². The molecule has 0 saturated heterocycles. The number of halogens is 4. The van der Waals surface area contributed by atoms with Crippen molar-refractivity contribution in [2.24, 2.45) is 0 Å². The second kappa shape index (κ2) is 8.28. The zero-order valence-corrected chi connectivity index (χ0v) is 16.6. The molecule has 0 aliphatic heterocycles. The third-order valence-electron chi connectivity index (χ3n) is 4.66. The van der Waals surface area contributed by atoms with E-state index in [2.05, 4.69) is 15.6 Å². The number of anilines is 2. The van der Waals surface area contributed by atoms with Crippen LogP contribution >= 0.6 is 11.6 Å². The number of benzene rings is 3. The van der Waals surface area contributed by atoms with Crippen molar-refractivity contribution in [2.75, 3.05) is 10.6 Å². The van der Waals surface area contributed by atoms with Crippen molar-refractivity contribution in [1.29, 1.82) is 0 Å². The van der Waals surface area contributed by atoms with E-state index in [-0.39, 0.29) is 5.69 Å². The lowest BCUT2D eigenvalue weighted by Crippen LogP contribution is -2.19. The molecule has 3 aromatic carbocycles. The zero-order valence-electron chi connectivity index (χ0n) is 15.9. The van der Waals surface area contributed by atoms with Crippen molar-refractivity contribution in [3.63, 3.8) is 0 Å². The van der Waals surface area contributed by atoms with E-state index in [0.717, 1.165) is 34.0 Å². The molecule has 0 spiro atoms. The van der Waals surface area contributed by atoms with Gasteiger partial charge < -0.3 is 10.6 Å². The lowest BCUT2D eigenvalue weighted by molar-refractivity contribution is -0.137. The Morgan fingerprint density at radius 1 is 0.903 bits per heavy atom. The molecule has 4 nitrogen and oxygen atoms in total. The highest BCUT2D eigenvalue weighted by Crippen LogP contribution is 2.36. The van der Waals surface area contributed by atoms with Crippen LogP contribution in [0.25, 0.3) is 21.9 Å². The number of nitrogens with one attached hydrogen (secondary N) is 2. The fourth-order valence-corrected chi connectivity index (χ4v) is 3.45. The zero-order chi connectivity index (χ0) is 22.0. The van der Waals surface area contributed by atoms with Crippen LogP contribution in [0.2, 0.25) is 5.02 Å². The first-order valence-electron chi connectivity index (χ1n) is 9.19. The minimum Gasteiger partial charge on any atom is -0.308 e. The van der Waals surface area contributed by atoms with Crippen molar-refractivity contribution in [1.82, 2.24) is 4.98 Å². The number of nitrogens with zero attached hydrogens (tertiary/aromatic N) is 1. The van der Waals surface area contributed by atoms with Gasteiger partial charge in [-0.15, -0.1) is 0 Å². The Bertz CT molecular complexity index is 1250. The minimum atomic E-state index is -4.61. The average molecular weight is 442 g/mol. The molecule has 1 heterocycles. The molecular weight excluding hydrogens is 427 g/mol. The molecule has 8 heteroatoms. The van der Waals surface area contributed by atoms with Gasteiger partial charge in [-0.05, 0) is 52.9 Å². The van der Waals surface area contributed by atoms with Gasteiger partial charge in [0.2, 0.25) is 0 Å². The molecular formula is C23H15ClF3N3O. The van der Waals surface area contributed by atoms with Gasteiger partial charge in [0.05, 0.1) is 10.6 Å². The summed E-state index contributed by atoms with van der Waals surface area (Å²) in [5, 5.41) is 6.63. The second-order valence-corrected chi connectivity index (χ2v) is 7.16. The first kappa shape index (κ1) is 20.7. The van der Waals surface area contributed by atoms with E-state index in [1.54, 1.807) is 24.5 Å². The highest BCUT2D eigenvalue weighted by atomic mass is 35.5. The van der Waals surface area contributed by atoms with Crippen LogP contribution in [-0.2, 0) is 6.18 Å². The molecule has 0 atom stereocenters. The van der Waals surface area contributed by atoms with E-state index >= 15 is 0 Å². The lowest BCUT2D eigenvalue weighted by atomic mass is 9.99. The molecule has 0 saturated carbocycles. The predicted octanol–water partition coefficient (Wildman–Crippen LogP) is 7.22. The molecule has 2 N–H and O–H groups in total. The number of urea groups is 1. The monoisotopic (exact) mass is 441 g/mol. The number of rotatable bonds is 3. The number of fused-ring (bicyclic) bond motifs is 1. The topological polar surface area (TPSA) is 54.0 Å². The van der Waals surface area contributed by atoms with Crippen LogP contribution < -0.4 is 10.6 Å². The third kappa shape index (κ3) is 4.62. The van der Waals surface area contributed by atoms with Crippen LogP contribution in [0.1, 0.15) is 5.56 Å². The number of carbonyl (C=O) groups excluding carboxylic acids is 1. The van der Waals surface area contributed by atoms with Crippen molar-refractivity contribution in [3.05, 3.63) is 89.7 Å². The van der Waals surface area contributed by atoms with Gasteiger partial charge in [0.15, 0.2) is 0 Å². The lowest BCUT2D eigenvalue weighted by Gasteiger charge is -2.13. The minimum absolute atomic E-state index is 0.0183. The number of pyridine rings is 1. The summed E-state index contributed by atoms with van der Waals surface area (Å²) in [5.41, 5.74) is 1.44. The summed E-state index contributed by atoms with van der Waals surface area (Å²) in [5.74, 6) is 0. The summed E-state index contributed by atoms with van der Waals surface area (Å²) in [6, 6.07) is 17.5. The van der Waals surface area contributed by atoms with Crippen LogP contribution in [0.5, 0.6) is 0 Å². The molecule has 0 radical (unpaired) electrons. The van der Waals surface area contributed by atoms with Gasteiger partial charge in [-0.2, -0.15) is 13.2 Å². The Morgan fingerprint density at radius 3 is 2.35 bits per heavy atom. The van der Waals surface area contributed by atoms with Crippen molar-refractivity contribution >= 4 is 39.8 Å². The van der Waals surface area contributed by atoms with Crippen LogP contribution in [-0.4, -0.2) is 11.0 Å². The predicted molar refractivity (Wildman–Crippen MR) is 116 cm³/mol. The highest BCUT2D eigenvalue weighted by molar-refractivity contribution is 6.31. The Labute approximate surface area is 180 Å². The average Bonchev–Trinajstić information content (AvgIpc) is 2.74. The Hall–Kier alpha value is -3.58. The normalized spacial score (nSPS) is 11.4. The molecule has 31 heavy (non-hydrogen) atoms. The van der Waals surface area contributed by atoms with Crippen LogP contribution in [0.15, 0.2) is 79.1 Å². The molecule has 0 unspecified atom stereocenters. The molecule has 2 amide bonds. The van der Waals surface area contributed by atoms with Gasteiger partial charge in [0.25, 0.3) is 0 Å². The standard InChI is InChI=1S/C23H15ClF3N3O/c24-21-9-8-17(12-20(21)23(25,26)27)30-22(31)29-16-6-4-14(5-7-16)18-3-1-2-15-13-28-11-10-19(15)18/h1-13H,(H2,29,30,31). The molecule has 0 aliphatic rings. The summed E-state index contributed by atoms with van der Waals surface area (Å²) in [6.45, 7) is 0. The molecule has 4 aromatic rings. The summed E-state index contributed by atoms with van der Waals surface area (Å²) in [7, 11) is 0. The molecule has 156 valence electrons. The van der Waals surface area contributed by atoms with Gasteiger partial charge in [0.1, 0.15) is 0 Å². The molecule has 0 aliphatic carbocycles. The largest absolute Gasteiger partial charge is 0.417 e. The molecule has 4 rings (SSSR count).